The predicted octanol–water partition coefficient (Wildman–Crippen LogP) is 2.74. The summed E-state index contributed by atoms with van der Waals surface area (Å²) in [6.45, 7) is -0.227. The van der Waals surface area contributed by atoms with E-state index in [-0.39, 0.29) is 12.5 Å². The molecule has 6 nitrogen and oxygen atoms in total. The van der Waals surface area contributed by atoms with Gasteiger partial charge in [-0.15, -0.1) is 0 Å². The molecule has 0 radical (unpaired) electrons. The van der Waals surface area contributed by atoms with Crippen LogP contribution in [0.15, 0.2) is 78.9 Å². The van der Waals surface area contributed by atoms with Gasteiger partial charge in [0.25, 0.3) is 11.8 Å². The lowest BCUT2D eigenvalue weighted by Crippen LogP contribution is -2.33. The monoisotopic (exact) mass is 387 g/mol. The molecule has 3 aromatic carbocycles. The molecule has 0 spiro atoms. The van der Waals surface area contributed by atoms with Crippen molar-refractivity contribution in [3.05, 3.63) is 101 Å². The molecule has 0 atom stereocenters. The number of primary amides is 1. The molecule has 0 aliphatic carbocycles. The Balaban J connectivity index is 1.69. The zero-order chi connectivity index (χ0) is 20.6. The Bertz CT molecular complexity index is 1020. The highest BCUT2D eigenvalue weighted by Crippen LogP contribution is 2.17. The van der Waals surface area contributed by atoms with Gasteiger partial charge in [-0.1, -0.05) is 48.5 Å². The van der Waals surface area contributed by atoms with Crippen LogP contribution in [-0.2, 0) is 11.2 Å². The van der Waals surface area contributed by atoms with Crippen molar-refractivity contribution in [1.29, 1.82) is 0 Å². The Morgan fingerprint density at radius 1 is 0.759 bits per heavy atom. The van der Waals surface area contributed by atoms with Crippen molar-refractivity contribution >= 4 is 23.4 Å². The normalized spacial score (nSPS) is 10.2. The third-order valence-corrected chi connectivity index (χ3v) is 4.33. The molecule has 0 heterocycles. The molecule has 3 amide bonds. The zero-order valence-corrected chi connectivity index (χ0v) is 15.7. The molecule has 0 aromatic heterocycles. The van der Waals surface area contributed by atoms with Crippen molar-refractivity contribution in [3.8, 4) is 0 Å². The van der Waals surface area contributed by atoms with Gasteiger partial charge in [0.15, 0.2) is 0 Å². The van der Waals surface area contributed by atoms with Crippen molar-refractivity contribution in [1.82, 2.24) is 5.32 Å². The predicted molar refractivity (Wildman–Crippen MR) is 112 cm³/mol. The maximum absolute atomic E-state index is 12.8. The number of nitrogens with two attached hydrogens (primary N) is 1. The number of nitrogens with one attached hydrogen (secondary N) is 2. The van der Waals surface area contributed by atoms with E-state index in [2.05, 4.69) is 10.6 Å². The van der Waals surface area contributed by atoms with Gasteiger partial charge in [0.2, 0.25) is 5.91 Å². The lowest BCUT2D eigenvalue weighted by Gasteiger charge is -2.11. The SMILES string of the molecule is NC(=O)CNC(=O)c1ccc(NC(=O)c2ccccc2Cc2ccccc2)cc1. The Labute approximate surface area is 168 Å². The number of carbonyl (C=O) groups is 3. The molecule has 0 saturated heterocycles. The molecule has 0 aliphatic rings. The number of hydrogen-bond donors (Lipinski definition) is 3. The van der Waals surface area contributed by atoms with E-state index in [1.54, 1.807) is 30.3 Å². The summed E-state index contributed by atoms with van der Waals surface area (Å²) in [6, 6.07) is 23.8. The van der Waals surface area contributed by atoms with Crippen LogP contribution in [0, 0.1) is 0 Å². The van der Waals surface area contributed by atoms with Gasteiger partial charge in [-0.25, -0.2) is 0 Å². The second kappa shape index (κ2) is 9.32. The van der Waals surface area contributed by atoms with Crippen molar-refractivity contribution in [2.75, 3.05) is 11.9 Å². The minimum atomic E-state index is -0.614. The van der Waals surface area contributed by atoms with E-state index >= 15 is 0 Å². The molecule has 3 rings (SSSR count). The highest BCUT2D eigenvalue weighted by atomic mass is 16.2. The van der Waals surface area contributed by atoms with E-state index in [9.17, 15) is 14.4 Å². The van der Waals surface area contributed by atoms with Crippen LogP contribution < -0.4 is 16.4 Å². The number of carbonyl (C=O) groups excluding carboxylic acids is 3. The van der Waals surface area contributed by atoms with E-state index < -0.39 is 11.8 Å². The summed E-state index contributed by atoms with van der Waals surface area (Å²) in [5.41, 5.74) is 8.60. The molecule has 29 heavy (non-hydrogen) atoms. The third kappa shape index (κ3) is 5.52. The largest absolute Gasteiger partial charge is 0.368 e. The average Bonchev–Trinajstić information content (AvgIpc) is 2.73. The highest BCUT2D eigenvalue weighted by molar-refractivity contribution is 6.05. The summed E-state index contributed by atoms with van der Waals surface area (Å²) in [7, 11) is 0. The maximum Gasteiger partial charge on any atom is 0.255 e. The van der Waals surface area contributed by atoms with Crippen LogP contribution in [0.1, 0.15) is 31.8 Å². The average molecular weight is 387 g/mol. The Hall–Kier alpha value is -3.93. The molecule has 0 unspecified atom stereocenters. The topological polar surface area (TPSA) is 101 Å². The van der Waals surface area contributed by atoms with Crippen LogP contribution in [0.25, 0.3) is 0 Å². The molecular formula is C23H21N3O3. The van der Waals surface area contributed by atoms with Crippen molar-refractivity contribution in [2.45, 2.75) is 6.42 Å². The van der Waals surface area contributed by atoms with Gasteiger partial charge in [0.05, 0.1) is 6.54 Å². The molecule has 146 valence electrons. The summed E-state index contributed by atoms with van der Waals surface area (Å²) in [5.74, 6) is -1.24. The summed E-state index contributed by atoms with van der Waals surface area (Å²) < 4.78 is 0. The van der Waals surface area contributed by atoms with Crippen molar-refractivity contribution in [3.63, 3.8) is 0 Å². The van der Waals surface area contributed by atoms with E-state index in [1.165, 1.54) is 0 Å². The molecule has 0 saturated carbocycles. The Morgan fingerprint density at radius 3 is 2.10 bits per heavy atom. The van der Waals surface area contributed by atoms with Gasteiger partial charge < -0.3 is 16.4 Å². The summed E-state index contributed by atoms with van der Waals surface area (Å²) in [5, 5.41) is 5.27. The van der Waals surface area contributed by atoms with Crippen LogP contribution >= 0.6 is 0 Å². The smallest absolute Gasteiger partial charge is 0.255 e. The van der Waals surface area contributed by atoms with Crippen LogP contribution in [-0.4, -0.2) is 24.3 Å². The first-order valence-electron chi connectivity index (χ1n) is 9.12. The molecule has 0 aliphatic heterocycles. The van der Waals surface area contributed by atoms with Crippen molar-refractivity contribution in [2.24, 2.45) is 5.73 Å². The fourth-order valence-corrected chi connectivity index (χ4v) is 2.88. The van der Waals surface area contributed by atoms with E-state index in [1.807, 2.05) is 48.5 Å². The van der Waals surface area contributed by atoms with Gasteiger partial charge >= 0.3 is 0 Å². The minimum absolute atomic E-state index is 0.220. The van der Waals surface area contributed by atoms with Gasteiger partial charge in [-0.3, -0.25) is 14.4 Å². The minimum Gasteiger partial charge on any atom is -0.368 e. The molecule has 0 fully saturated rings. The Kier molecular flexibility index (Phi) is 6.37. The lowest BCUT2D eigenvalue weighted by molar-refractivity contribution is -0.117. The zero-order valence-electron chi connectivity index (χ0n) is 15.7. The molecule has 6 heteroatoms. The number of benzene rings is 3. The molecular weight excluding hydrogens is 366 g/mol. The summed E-state index contributed by atoms with van der Waals surface area (Å²) in [6.07, 6.45) is 0.656. The summed E-state index contributed by atoms with van der Waals surface area (Å²) in [4.78, 5) is 35.4. The number of rotatable bonds is 7. The summed E-state index contributed by atoms with van der Waals surface area (Å²) >= 11 is 0. The fraction of sp³-hybridized carbons (Fsp3) is 0.0870. The van der Waals surface area contributed by atoms with Crippen molar-refractivity contribution < 1.29 is 14.4 Å². The molecule has 4 N–H and O–H groups in total. The molecule has 0 bridgehead atoms. The number of amides is 3. The van der Waals surface area contributed by atoms with E-state index in [0.717, 1.165) is 11.1 Å². The maximum atomic E-state index is 12.8. The first-order chi connectivity index (χ1) is 14.0. The molecule has 3 aromatic rings. The van der Waals surface area contributed by atoms with E-state index in [4.69, 9.17) is 5.73 Å². The quantitative estimate of drug-likeness (QED) is 0.581. The van der Waals surface area contributed by atoms with Gasteiger partial charge in [-0.2, -0.15) is 0 Å². The van der Waals surface area contributed by atoms with Crippen LogP contribution in [0.3, 0.4) is 0 Å². The highest BCUT2D eigenvalue weighted by Gasteiger charge is 2.12. The van der Waals surface area contributed by atoms with Crippen LogP contribution in [0.5, 0.6) is 0 Å². The van der Waals surface area contributed by atoms with Gasteiger partial charge in [0, 0.05) is 16.8 Å². The van der Waals surface area contributed by atoms with Crippen LogP contribution in [0.4, 0.5) is 5.69 Å². The second-order valence-electron chi connectivity index (χ2n) is 6.50. The number of hydrogen-bond acceptors (Lipinski definition) is 3. The standard InChI is InChI=1S/C23H21N3O3/c24-21(27)15-25-22(28)17-10-12-19(13-11-17)26-23(29)20-9-5-4-8-18(20)14-16-6-2-1-3-7-16/h1-13H,14-15H2,(H2,24,27)(H,25,28)(H,26,29). The first-order valence-corrected chi connectivity index (χ1v) is 9.12. The fourth-order valence-electron chi connectivity index (χ4n) is 2.88. The van der Waals surface area contributed by atoms with Crippen LogP contribution in [0.2, 0.25) is 0 Å². The first kappa shape index (κ1) is 19.8. The van der Waals surface area contributed by atoms with E-state index in [0.29, 0.717) is 23.2 Å². The number of anilines is 1. The lowest BCUT2D eigenvalue weighted by atomic mass is 9.99. The van der Waals surface area contributed by atoms with Gasteiger partial charge in [-0.05, 0) is 47.9 Å². The Morgan fingerprint density at radius 2 is 1.41 bits per heavy atom. The third-order valence-electron chi connectivity index (χ3n) is 4.33. The second-order valence-corrected chi connectivity index (χ2v) is 6.50. The van der Waals surface area contributed by atoms with Gasteiger partial charge in [0.1, 0.15) is 0 Å².